The zero-order valence-corrected chi connectivity index (χ0v) is 9.94. The smallest absolute Gasteiger partial charge is 0.228 e. The second-order valence-electron chi connectivity index (χ2n) is 2.90. The molecule has 0 bridgehead atoms. The number of aromatic nitrogens is 1. The Morgan fingerprint density at radius 2 is 2.00 bits per heavy atom. The van der Waals surface area contributed by atoms with E-state index in [0.717, 1.165) is 0 Å². The minimum absolute atomic E-state index is 0.169. The fraction of sp³-hybridized carbons (Fsp3) is 0. The molecule has 0 spiro atoms. The van der Waals surface area contributed by atoms with Gasteiger partial charge in [-0.3, -0.25) is 0 Å². The minimum atomic E-state index is 0.169. The predicted octanol–water partition coefficient (Wildman–Crippen LogP) is 4.17. The largest absolute Gasteiger partial charge is 0.443 e. The van der Waals surface area contributed by atoms with Crippen LogP contribution in [0.15, 0.2) is 22.8 Å². The van der Waals surface area contributed by atoms with E-state index < -0.39 is 0 Å². The zero-order valence-electron chi connectivity index (χ0n) is 7.67. The minimum Gasteiger partial charge on any atom is -0.443 e. The molecule has 1 heterocycles. The molecule has 1 aromatic heterocycles. The van der Waals surface area contributed by atoms with Crippen molar-refractivity contribution in [1.82, 2.24) is 4.98 Å². The number of hydrogen-bond acceptors (Lipinski definition) is 3. The third-order valence-electron chi connectivity index (χ3n) is 1.84. The van der Waals surface area contributed by atoms with Crippen molar-refractivity contribution in [3.05, 3.63) is 39.2 Å². The van der Waals surface area contributed by atoms with Gasteiger partial charge < -0.3 is 4.42 Å². The molecule has 0 aliphatic rings. The second-order valence-corrected chi connectivity index (χ2v) is 4.12. The molecule has 0 N–H and O–H groups in total. The summed E-state index contributed by atoms with van der Waals surface area (Å²) in [6.07, 6.45) is 1.24. The first-order valence-electron chi connectivity index (χ1n) is 4.12. The van der Waals surface area contributed by atoms with Gasteiger partial charge in [0.15, 0.2) is 5.69 Å². The monoisotopic (exact) mass is 272 g/mol. The van der Waals surface area contributed by atoms with E-state index in [2.05, 4.69) is 4.98 Å². The number of hydrogen-bond donors (Lipinski definition) is 0. The van der Waals surface area contributed by atoms with E-state index in [1.54, 1.807) is 6.07 Å². The van der Waals surface area contributed by atoms with E-state index >= 15 is 0 Å². The average molecular weight is 274 g/mol. The molecule has 0 aliphatic carbocycles. The maximum Gasteiger partial charge on any atom is 0.228 e. The van der Waals surface area contributed by atoms with Crippen molar-refractivity contribution >= 4 is 34.8 Å². The van der Waals surface area contributed by atoms with Crippen LogP contribution in [0.3, 0.4) is 0 Å². The quantitative estimate of drug-likeness (QED) is 0.733. The van der Waals surface area contributed by atoms with E-state index in [1.165, 1.54) is 12.3 Å². The van der Waals surface area contributed by atoms with Crippen LogP contribution < -0.4 is 0 Å². The van der Waals surface area contributed by atoms with Crippen LogP contribution >= 0.6 is 34.8 Å². The standard InChI is InChI=1S/C10H3Cl3N2O/c11-5-1-7(9(13)8(12)2-5)10-15-6(3-14)4-16-10/h1-2,4H. The van der Waals surface area contributed by atoms with Crippen molar-refractivity contribution in [2.45, 2.75) is 0 Å². The lowest BCUT2D eigenvalue weighted by atomic mass is 10.2. The van der Waals surface area contributed by atoms with Crippen LogP contribution in [0.25, 0.3) is 11.5 Å². The SMILES string of the molecule is N#Cc1coc(-c2cc(Cl)cc(Cl)c2Cl)n1. The van der Waals surface area contributed by atoms with E-state index in [1.807, 2.05) is 6.07 Å². The van der Waals surface area contributed by atoms with Crippen LogP contribution in [0.2, 0.25) is 15.1 Å². The summed E-state index contributed by atoms with van der Waals surface area (Å²) in [5.74, 6) is 0.214. The summed E-state index contributed by atoms with van der Waals surface area (Å²) < 4.78 is 5.10. The Morgan fingerprint density at radius 3 is 2.62 bits per heavy atom. The van der Waals surface area contributed by atoms with Crippen molar-refractivity contribution in [2.24, 2.45) is 0 Å². The molecule has 3 nitrogen and oxygen atoms in total. The molecule has 0 atom stereocenters. The fourth-order valence-electron chi connectivity index (χ4n) is 1.16. The van der Waals surface area contributed by atoms with E-state index in [-0.39, 0.29) is 16.6 Å². The maximum absolute atomic E-state index is 8.62. The molecule has 1 aromatic carbocycles. The Morgan fingerprint density at radius 1 is 1.25 bits per heavy atom. The molecule has 16 heavy (non-hydrogen) atoms. The zero-order chi connectivity index (χ0) is 11.7. The van der Waals surface area contributed by atoms with Crippen LogP contribution in [0.1, 0.15) is 5.69 Å². The molecule has 0 aliphatic heterocycles. The Kier molecular flexibility index (Phi) is 3.06. The van der Waals surface area contributed by atoms with Gasteiger partial charge in [0, 0.05) is 5.02 Å². The van der Waals surface area contributed by atoms with Crippen LogP contribution in [0.5, 0.6) is 0 Å². The molecule has 0 saturated carbocycles. The Labute approximate surface area is 106 Å². The van der Waals surface area contributed by atoms with Crippen molar-refractivity contribution in [3.63, 3.8) is 0 Å². The summed E-state index contributed by atoms with van der Waals surface area (Å²) in [4.78, 5) is 3.91. The van der Waals surface area contributed by atoms with E-state index in [4.69, 9.17) is 44.5 Å². The first-order valence-corrected chi connectivity index (χ1v) is 5.25. The number of halogens is 3. The molecule has 0 amide bonds. The first-order chi connectivity index (χ1) is 7.61. The number of oxazole rings is 1. The van der Waals surface area contributed by atoms with Gasteiger partial charge in [-0.05, 0) is 12.1 Å². The lowest BCUT2D eigenvalue weighted by Crippen LogP contribution is -1.82. The van der Waals surface area contributed by atoms with Gasteiger partial charge in [0.25, 0.3) is 0 Å². The topological polar surface area (TPSA) is 49.8 Å². The lowest BCUT2D eigenvalue weighted by molar-refractivity contribution is 0.574. The molecular formula is C10H3Cl3N2O. The van der Waals surface area contributed by atoms with E-state index in [0.29, 0.717) is 15.6 Å². The van der Waals surface area contributed by atoms with Gasteiger partial charge in [-0.1, -0.05) is 34.8 Å². The number of rotatable bonds is 1. The summed E-state index contributed by atoms with van der Waals surface area (Å²) in [6, 6.07) is 4.94. The third kappa shape index (κ3) is 2.00. The van der Waals surface area contributed by atoms with Crippen molar-refractivity contribution < 1.29 is 4.42 Å². The molecule has 0 unspecified atom stereocenters. The highest BCUT2D eigenvalue weighted by Gasteiger charge is 2.14. The molecule has 6 heteroatoms. The molecular weight excluding hydrogens is 270 g/mol. The Bertz CT molecular complexity index is 586. The number of nitrogens with zero attached hydrogens (tertiary/aromatic N) is 2. The van der Waals surface area contributed by atoms with Gasteiger partial charge in [-0.25, -0.2) is 0 Å². The summed E-state index contributed by atoms with van der Waals surface area (Å²) in [5, 5.41) is 9.63. The third-order valence-corrected chi connectivity index (χ3v) is 2.86. The number of benzene rings is 1. The van der Waals surface area contributed by atoms with Crippen molar-refractivity contribution in [1.29, 1.82) is 5.26 Å². The second kappa shape index (κ2) is 4.34. The average Bonchev–Trinajstić information content (AvgIpc) is 2.71. The highest BCUT2D eigenvalue weighted by Crippen LogP contribution is 2.35. The van der Waals surface area contributed by atoms with Crippen LogP contribution in [-0.4, -0.2) is 4.98 Å². The molecule has 0 saturated heterocycles. The summed E-state index contributed by atoms with van der Waals surface area (Å²) in [5.41, 5.74) is 0.628. The van der Waals surface area contributed by atoms with Gasteiger partial charge in [-0.15, -0.1) is 0 Å². The van der Waals surface area contributed by atoms with Crippen LogP contribution in [0, 0.1) is 11.3 Å². The fourth-order valence-corrected chi connectivity index (χ4v) is 1.84. The summed E-state index contributed by atoms with van der Waals surface area (Å²) in [6.45, 7) is 0. The van der Waals surface area contributed by atoms with Crippen molar-refractivity contribution in [2.75, 3.05) is 0 Å². The Balaban J connectivity index is 2.60. The lowest BCUT2D eigenvalue weighted by Gasteiger charge is -2.02. The first kappa shape index (κ1) is 11.3. The van der Waals surface area contributed by atoms with Gasteiger partial charge in [0.1, 0.15) is 12.3 Å². The molecule has 80 valence electrons. The normalized spacial score (nSPS) is 10.1. The van der Waals surface area contributed by atoms with Gasteiger partial charge in [0.2, 0.25) is 5.89 Å². The van der Waals surface area contributed by atoms with Crippen molar-refractivity contribution in [3.8, 4) is 17.5 Å². The number of nitriles is 1. The summed E-state index contributed by atoms with van der Waals surface area (Å²) in [7, 11) is 0. The van der Waals surface area contributed by atoms with E-state index in [9.17, 15) is 0 Å². The van der Waals surface area contributed by atoms with Gasteiger partial charge in [-0.2, -0.15) is 10.2 Å². The molecule has 0 fully saturated rings. The van der Waals surface area contributed by atoms with Crippen LogP contribution in [-0.2, 0) is 0 Å². The van der Waals surface area contributed by atoms with Gasteiger partial charge in [0.05, 0.1) is 15.6 Å². The maximum atomic E-state index is 8.62. The highest BCUT2D eigenvalue weighted by atomic mass is 35.5. The highest BCUT2D eigenvalue weighted by molar-refractivity contribution is 6.44. The predicted molar refractivity (Wildman–Crippen MR) is 61.7 cm³/mol. The van der Waals surface area contributed by atoms with Crippen LogP contribution in [0.4, 0.5) is 0 Å². The molecule has 0 radical (unpaired) electrons. The molecule has 2 aromatic rings. The Hall–Kier alpha value is -1.21. The summed E-state index contributed by atoms with van der Waals surface area (Å²) >= 11 is 17.7. The van der Waals surface area contributed by atoms with Gasteiger partial charge >= 0.3 is 0 Å². The molecule has 2 rings (SSSR count).